The molecule has 2 heterocycles. The number of carbonyl (C=O) groups is 1. The van der Waals surface area contributed by atoms with Crippen molar-refractivity contribution >= 4 is 33.2 Å². The van der Waals surface area contributed by atoms with E-state index in [1.807, 2.05) is 0 Å². The number of halogens is 1. The summed E-state index contributed by atoms with van der Waals surface area (Å²) in [5.41, 5.74) is 1.52. The van der Waals surface area contributed by atoms with Crippen molar-refractivity contribution in [2.75, 3.05) is 13.1 Å². The van der Waals surface area contributed by atoms with Crippen LogP contribution in [-0.4, -0.2) is 19.0 Å². The van der Waals surface area contributed by atoms with E-state index in [9.17, 15) is 4.79 Å². The maximum absolute atomic E-state index is 12.1. The number of nitrogens with one attached hydrogen (secondary N) is 2. The first kappa shape index (κ1) is 12.6. The van der Waals surface area contributed by atoms with Gasteiger partial charge in [0.15, 0.2) is 0 Å². The van der Waals surface area contributed by atoms with Gasteiger partial charge in [-0.25, -0.2) is 0 Å². The molecule has 1 atom stereocenters. The van der Waals surface area contributed by atoms with Crippen molar-refractivity contribution < 1.29 is 4.79 Å². The molecule has 1 spiro atoms. The molecule has 0 aromatic carbocycles. The van der Waals surface area contributed by atoms with Gasteiger partial charge in [-0.15, -0.1) is 11.3 Å². The predicted octanol–water partition coefficient (Wildman–Crippen LogP) is 2.52. The molecule has 2 aliphatic rings. The number of carbonyl (C=O) groups excluding carboxylic acids is 1. The summed E-state index contributed by atoms with van der Waals surface area (Å²) in [6, 6.07) is 2.07. The van der Waals surface area contributed by atoms with Gasteiger partial charge in [-0.05, 0) is 70.7 Å². The van der Waals surface area contributed by atoms with Crippen LogP contribution in [0.3, 0.4) is 0 Å². The number of rotatable bonds is 3. The summed E-state index contributed by atoms with van der Waals surface area (Å²) in [7, 11) is 0. The van der Waals surface area contributed by atoms with Crippen molar-refractivity contribution in [2.24, 2.45) is 11.3 Å². The molecule has 3 nitrogen and oxygen atoms in total. The Morgan fingerprint density at radius 2 is 2.33 bits per heavy atom. The van der Waals surface area contributed by atoms with Crippen molar-refractivity contribution in [1.29, 1.82) is 0 Å². The van der Waals surface area contributed by atoms with Crippen molar-refractivity contribution in [2.45, 2.75) is 25.8 Å². The Balaban J connectivity index is 1.51. The molecule has 1 aromatic heterocycles. The van der Waals surface area contributed by atoms with Crippen molar-refractivity contribution in [3.05, 3.63) is 20.8 Å². The lowest BCUT2D eigenvalue weighted by atomic mass is 9.92. The second kappa shape index (κ2) is 4.94. The molecule has 0 radical (unpaired) electrons. The molecule has 5 heteroatoms. The van der Waals surface area contributed by atoms with E-state index in [-0.39, 0.29) is 11.8 Å². The van der Waals surface area contributed by atoms with Crippen LogP contribution in [0.2, 0.25) is 0 Å². The summed E-state index contributed by atoms with van der Waals surface area (Å²) in [6.07, 6.45) is 3.41. The predicted molar refractivity (Wildman–Crippen MR) is 76.5 cm³/mol. The summed E-state index contributed by atoms with van der Waals surface area (Å²) in [4.78, 5) is 12.1. The Bertz CT molecular complexity index is 454. The molecule has 3 rings (SSSR count). The minimum Gasteiger partial charge on any atom is -0.352 e. The van der Waals surface area contributed by atoms with Gasteiger partial charge in [0.05, 0.1) is 3.79 Å². The van der Waals surface area contributed by atoms with E-state index in [1.54, 1.807) is 11.3 Å². The van der Waals surface area contributed by atoms with Crippen LogP contribution in [0.5, 0.6) is 0 Å². The van der Waals surface area contributed by atoms with Gasteiger partial charge in [0.1, 0.15) is 0 Å². The van der Waals surface area contributed by atoms with Crippen LogP contribution in [0.1, 0.15) is 24.8 Å². The van der Waals surface area contributed by atoms with Crippen LogP contribution in [0.25, 0.3) is 0 Å². The molecule has 1 aliphatic heterocycles. The van der Waals surface area contributed by atoms with Gasteiger partial charge < -0.3 is 10.6 Å². The minimum atomic E-state index is 0.249. The first-order chi connectivity index (χ1) is 8.70. The number of hydrogen-bond acceptors (Lipinski definition) is 3. The average Bonchev–Trinajstić information content (AvgIpc) is 2.89. The highest BCUT2D eigenvalue weighted by molar-refractivity contribution is 9.11. The number of thiophene rings is 1. The monoisotopic (exact) mass is 328 g/mol. The van der Waals surface area contributed by atoms with E-state index in [0.29, 0.717) is 12.0 Å². The van der Waals surface area contributed by atoms with Gasteiger partial charge in [-0.3, -0.25) is 4.79 Å². The normalized spacial score (nSPS) is 25.1. The van der Waals surface area contributed by atoms with Crippen LogP contribution in [-0.2, 0) is 11.3 Å². The molecule has 2 fully saturated rings. The minimum absolute atomic E-state index is 0.249. The van der Waals surface area contributed by atoms with E-state index in [4.69, 9.17) is 0 Å². The Morgan fingerprint density at radius 1 is 1.56 bits per heavy atom. The molecule has 1 unspecified atom stereocenters. The summed E-state index contributed by atoms with van der Waals surface area (Å²) >= 11 is 5.10. The summed E-state index contributed by atoms with van der Waals surface area (Å²) in [5, 5.41) is 8.52. The number of hydrogen-bond donors (Lipinski definition) is 2. The van der Waals surface area contributed by atoms with E-state index in [0.717, 1.165) is 36.1 Å². The third-order valence-corrected chi connectivity index (χ3v) is 5.75. The van der Waals surface area contributed by atoms with E-state index in [2.05, 4.69) is 38.0 Å². The van der Waals surface area contributed by atoms with Gasteiger partial charge in [-0.1, -0.05) is 0 Å². The Morgan fingerprint density at radius 3 is 3.00 bits per heavy atom. The summed E-state index contributed by atoms with van der Waals surface area (Å²) < 4.78 is 1.12. The molecule has 2 N–H and O–H groups in total. The molecule has 1 saturated carbocycles. The van der Waals surface area contributed by atoms with Crippen molar-refractivity contribution in [3.63, 3.8) is 0 Å². The van der Waals surface area contributed by atoms with Crippen LogP contribution in [0.4, 0.5) is 0 Å². The number of piperidine rings is 1. The largest absolute Gasteiger partial charge is 0.352 e. The van der Waals surface area contributed by atoms with Crippen LogP contribution >= 0.6 is 27.3 Å². The lowest BCUT2D eigenvalue weighted by molar-refractivity contribution is -0.123. The lowest BCUT2D eigenvalue weighted by Gasteiger charge is -2.23. The molecule has 98 valence electrons. The zero-order chi connectivity index (χ0) is 12.6. The van der Waals surface area contributed by atoms with E-state index < -0.39 is 0 Å². The number of amides is 1. The lowest BCUT2D eigenvalue weighted by Crippen LogP contribution is -2.33. The van der Waals surface area contributed by atoms with Gasteiger partial charge in [0.2, 0.25) is 5.91 Å². The molecule has 1 amide bonds. The molecule has 0 bridgehead atoms. The fourth-order valence-electron chi connectivity index (χ4n) is 2.95. The van der Waals surface area contributed by atoms with Crippen molar-refractivity contribution in [3.8, 4) is 0 Å². The molecule has 1 aliphatic carbocycles. The maximum atomic E-state index is 12.1. The standard InChI is InChI=1S/C13H17BrN2OS/c14-11-5-9(8-18-11)7-16-12(17)10-6-13(10)1-3-15-4-2-13/h5,8,10,15H,1-4,6-7H2,(H,16,17). The zero-order valence-corrected chi connectivity index (χ0v) is 12.6. The fraction of sp³-hybridized carbons (Fsp3) is 0.615. The average molecular weight is 329 g/mol. The van der Waals surface area contributed by atoms with Crippen LogP contribution in [0, 0.1) is 11.3 Å². The zero-order valence-electron chi connectivity index (χ0n) is 10.2. The maximum Gasteiger partial charge on any atom is 0.223 e. The fourth-order valence-corrected chi connectivity index (χ4v) is 4.16. The van der Waals surface area contributed by atoms with E-state index in [1.165, 1.54) is 5.56 Å². The Labute approximate surface area is 119 Å². The highest BCUT2D eigenvalue weighted by Crippen LogP contribution is 2.58. The highest BCUT2D eigenvalue weighted by Gasteiger charge is 2.57. The van der Waals surface area contributed by atoms with Gasteiger partial charge in [-0.2, -0.15) is 0 Å². The van der Waals surface area contributed by atoms with E-state index >= 15 is 0 Å². The topological polar surface area (TPSA) is 41.1 Å². The molecule has 1 aromatic rings. The Kier molecular flexibility index (Phi) is 3.47. The summed E-state index contributed by atoms with van der Waals surface area (Å²) in [5.74, 6) is 0.515. The van der Waals surface area contributed by atoms with Crippen LogP contribution < -0.4 is 10.6 Å². The quantitative estimate of drug-likeness (QED) is 0.895. The van der Waals surface area contributed by atoms with Crippen molar-refractivity contribution in [1.82, 2.24) is 10.6 Å². The molecular formula is C13H17BrN2OS. The first-order valence-corrected chi connectivity index (χ1v) is 8.08. The second-order valence-corrected chi connectivity index (χ2v) is 7.64. The first-order valence-electron chi connectivity index (χ1n) is 6.41. The highest BCUT2D eigenvalue weighted by atomic mass is 79.9. The third kappa shape index (κ3) is 2.49. The van der Waals surface area contributed by atoms with Gasteiger partial charge in [0.25, 0.3) is 0 Å². The Hall–Kier alpha value is -0.390. The van der Waals surface area contributed by atoms with Gasteiger partial charge >= 0.3 is 0 Å². The third-order valence-electron chi connectivity index (χ3n) is 4.19. The van der Waals surface area contributed by atoms with Gasteiger partial charge in [0, 0.05) is 12.5 Å². The molecular weight excluding hydrogens is 312 g/mol. The molecule has 18 heavy (non-hydrogen) atoms. The smallest absolute Gasteiger partial charge is 0.223 e. The summed E-state index contributed by atoms with van der Waals surface area (Å²) in [6.45, 7) is 2.80. The second-order valence-electron chi connectivity index (χ2n) is 5.35. The SMILES string of the molecule is O=C(NCc1csc(Br)c1)C1CC12CCNCC2. The molecule has 1 saturated heterocycles. The van der Waals surface area contributed by atoms with Crippen LogP contribution in [0.15, 0.2) is 15.2 Å².